The summed E-state index contributed by atoms with van der Waals surface area (Å²) < 4.78 is 10.4. The molecule has 0 aliphatic heterocycles. The molecule has 0 aliphatic carbocycles. The summed E-state index contributed by atoms with van der Waals surface area (Å²) in [5.41, 5.74) is 6.27. The number of ether oxygens (including phenoxy) is 2. The van der Waals surface area contributed by atoms with Crippen molar-refractivity contribution in [3.8, 4) is 23.7 Å². The van der Waals surface area contributed by atoms with E-state index in [0.717, 1.165) is 54.9 Å². The lowest BCUT2D eigenvalue weighted by Crippen LogP contribution is -1.91. The second-order valence-corrected chi connectivity index (χ2v) is 8.60. The highest BCUT2D eigenvalue weighted by atomic mass is 16.5. The quantitative estimate of drug-likeness (QED) is 0.208. The second kappa shape index (κ2) is 10.9. The molecule has 0 fully saturated rings. The molecule has 0 heterocycles. The molecule has 2 heteroatoms. The lowest BCUT2D eigenvalue weighted by atomic mass is 9.92. The van der Waals surface area contributed by atoms with Crippen molar-refractivity contribution in [3.63, 3.8) is 0 Å². The minimum absolute atomic E-state index is 0.600. The maximum absolute atomic E-state index is 5.22. The van der Waals surface area contributed by atoms with E-state index in [2.05, 4.69) is 96.5 Å². The predicted octanol–water partition coefficient (Wildman–Crippen LogP) is 7.09. The molecular formula is C34H26O2. The second-order valence-electron chi connectivity index (χ2n) is 8.60. The lowest BCUT2D eigenvalue weighted by molar-refractivity contribution is 0.185. The molecule has 174 valence electrons. The fourth-order valence-electron chi connectivity index (χ4n) is 4.37. The van der Waals surface area contributed by atoms with Crippen LogP contribution in [0.2, 0.25) is 0 Å². The molecule has 5 aromatic rings. The fraction of sp³-hybridized carbons (Fsp3) is 0.118. The number of benzene rings is 5. The van der Waals surface area contributed by atoms with Crippen LogP contribution in [-0.2, 0) is 22.7 Å². The number of methoxy groups -OCH3 is 2. The Bertz CT molecular complexity index is 1460. The van der Waals surface area contributed by atoms with Gasteiger partial charge in [-0.3, -0.25) is 0 Å². The first kappa shape index (κ1) is 23.4. The molecule has 0 amide bonds. The molecule has 0 aromatic heterocycles. The Balaban J connectivity index is 1.63. The van der Waals surface area contributed by atoms with Crippen LogP contribution in [0, 0.1) is 23.7 Å². The topological polar surface area (TPSA) is 18.5 Å². The Labute approximate surface area is 212 Å². The minimum Gasteiger partial charge on any atom is -0.380 e. The third-order valence-corrected chi connectivity index (χ3v) is 6.13. The molecule has 5 aromatic carbocycles. The van der Waals surface area contributed by atoms with E-state index in [9.17, 15) is 0 Å². The van der Waals surface area contributed by atoms with Crippen molar-refractivity contribution in [1.29, 1.82) is 0 Å². The van der Waals surface area contributed by atoms with Gasteiger partial charge in [-0.2, -0.15) is 0 Å². The van der Waals surface area contributed by atoms with E-state index in [-0.39, 0.29) is 0 Å². The molecule has 0 atom stereocenters. The smallest absolute Gasteiger partial charge is 0.0713 e. The van der Waals surface area contributed by atoms with Crippen molar-refractivity contribution in [3.05, 3.63) is 130 Å². The summed E-state index contributed by atoms with van der Waals surface area (Å²) in [7, 11) is 3.41. The zero-order chi connectivity index (χ0) is 24.7. The highest BCUT2D eigenvalue weighted by Gasteiger charge is 2.11. The Morgan fingerprint density at radius 2 is 0.778 bits per heavy atom. The molecule has 36 heavy (non-hydrogen) atoms. The first-order valence-electron chi connectivity index (χ1n) is 11.9. The van der Waals surface area contributed by atoms with E-state index in [4.69, 9.17) is 9.47 Å². The van der Waals surface area contributed by atoms with E-state index in [1.807, 2.05) is 24.3 Å². The van der Waals surface area contributed by atoms with Gasteiger partial charge in [-0.25, -0.2) is 0 Å². The van der Waals surface area contributed by atoms with Crippen LogP contribution < -0.4 is 0 Å². The van der Waals surface area contributed by atoms with E-state index in [0.29, 0.717) is 13.2 Å². The monoisotopic (exact) mass is 466 g/mol. The van der Waals surface area contributed by atoms with Gasteiger partial charge in [0.05, 0.1) is 13.2 Å². The lowest BCUT2D eigenvalue weighted by Gasteiger charge is -2.10. The van der Waals surface area contributed by atoms with Gasteiger partial charge in [0.1, 0.15) is 0 Å². The summed E-state index contributed by atoms with van der Waals surface area (Å²) in [4.78, 5) is 0. The average Bonchev–Trinajstić information content (AvgIpc) is 2.92. The number of hydrogen-bond acceptors (Lipinski definition) is 2. The number of hydrogen-bond donors (Lipinski definition) is 0. The fourth-order valence-corrected chi connectivity index (χ4v) is 4.37. The Morgan fingerprint density at radius 3 is 1.08 bits per heavy atom. The Hall–Kier alpha value is -4.34. The zero-order valence-corrected chi connectivity index (χ0v) is 20.5. The van der Waals surface area contributed by atoms with Crippen LogP contribution in [0.5, 0.6) is 0 Å². The van der Waals surface area contributed by atoms with Crippen molar-refractivity contribution in [1.82, 2.24) is 0 Å². The molecule has 0 bridgehead atoms. The molecule has 0 saturated carbocycles. The van der Waals surface area contributed by atoms with Gasteiger partial charge in [-0.15, -0.1) is 0 Å². The van der Waals surface area contributed by atoms with Gasteiger partial charge in [0.15, 0.2) is 0 Å². The van der Waals surface area contributed by atoms with Gasteiger partial charge in [-0.05, 0) is 56.9 Å². The van der Waals surface area contributed by atoms with E-state index in [1.165, 1.54) is 0 Å². The van der Waals surface area contributed by atoms with Crippen molar-refractivity contribution in [2.45, 2.75) is 13.2 Å². The summed E-state index contributed by atoms with van der Waals surface area (Å²) in [6, 6.07) is 33.2. The van der Waals surface area contributed by atoms with E-state index < -0.39 is 0 Å². The number of fused-ring (bicyclic) bond motifs is 2. The van der Waals surface area contributed by atoms with Gasteiger partial charge >= 0.3 is 0 Å². The van der Waals surface area contributed by atoms with E-state index in [1.54, 1.807) is 14.2 Å². The Morgan fingerprint density at radius 1 is 0.444 bits per heavy atom. The molecule has 0 spiro atoms. The number of rotatable bonds is 4. The SMILES string of the molecule is COCc1ccc(C#Cc2c3ccccc3c(C#Cc3ccc(COC)cc3)c3ccccc23)cc1. The maximum atomic E-state index is 5.22. The molecule has 5 rings (SSSR count). The molecular weight excluding hydrogens is 440 g/mol. The third-order valence-electron chi connectivity index (χ3n) is 6.13. The normalized spacial score (nSPS) is 10.5. The summed E-state index contributed by atoms with van der Waals surface area (Å²) >= 11 is 0. The first-order valence-corrected chi connectivity index (χ1v) is 11.9. The molecule has 2 nitrogen and oxygen atoms in total. The van der Waals surface area contributed by atoms with E-state index >= 15 is 0 Å². The first-order chi connectivity index (χ1) is 17.8. The standard InChI is InChI=1S/C34H26O2/c1-35-23-27-15-11-25(12-16-27)19-21-33-29-7-3-5-9-31(29)34(32-10-6-4-8-30(32)33)22-20-26-13-17-28(18-14-26)24-36-2/h3-18H,23-24H2,1-2H3. The van der Waals surface area contributed by atoms with Gasteiger partial charge in [0, 0.05) is 36.5 Å². The summed E-state index contributed by atoms with van der Waals surface area (Å²) in [6.07, 6.45) is 0. The average molecular weight is 467 g/mol. The van der Waals surface area contributed by atoms with Crippen LogP contribution in [0.4, 0.5) is 0 Å². The van der Waals surface area contributed by atoms with Gasteiger partial charge in [0.25, 0.3) is 0 Å². The van der Waals surface area contributed by atoms with Crippen molar-refractivity contribution >= 4 is 21.5 Å². The summed E-state index contributed by atoms with van der Waals surface area (Å²) in [6.45, 7) is 1.20. The van der Waals surface area contributed by atoms with Crippen LogP contribution in [0.15, 0.2) is 97.1 Å². The predicted molar refractivity (Wildman–Crippen MR) is 148 cm³/mol. The summed E-state index contributed by atoms with van der Waals surface area (Å²) in [5, 5.41) is 4.44. The highest BCUT2D eigenvalue weighted by Crippen LogP contribution is 2.32. The van der Waals surface area contributed by atoms with Crippen molar-refractivity contribution < 1.29 is 9.47 Å². The van der Waals surface area contributed by atoms with Gasteiger partial charge in [-0.1, -0.05) is 96.5 Å². The largest absolute Gasteiger partial charge is 0.380 e. The van der Waals surface area contributed by atoms with Crippen LogP contribution in [0.25, 0.3) is 21.5 Å². The molecule has 0 N–H and O–H groups in total. The highest BCUT2D eigenvalue weighted by molar-refractivity contribution is 6.09. The zero-order valence-electron chi connectivity index (χ0n) is 20.5. The van der Waals surface area contributed by atoms with Gasteiger partial charge < -0.3 is 9.47 Å². The molecule has 0 aliphatic rings. The van der Waals surface area contributed by atoms with Crippen LogP contribution in [0.3, 0.4) is 0 Å². The van der Waals surface area contributed by atoms with Crippen molar-refractivity contribution in [2.75, 3.05) is 14.2 Å². The molecule has 0 unspecified atom stereocenters. The Kier molecular flexibility index (Phi) is 7.11. The van der Waals surface area contributed by atoms with Crippen LogP contribution in [0.1, 0.15) is 33.4 Å². The maximum Gasteiger partial charge on any atom is 0.0713 e. The molecule has 0 saturated heterocycles. The van der Waals surface area contributed by atoms with Gasteiger partial charge in [0.2, 0.25) is 0 Å². The minimum atomic E-state index is 0.600. The molecule has 0 radical (unpaired) electrons. The van der Waals surface area contributed by atoms with Crippen LogP contribution >= 0.6 is 0 Å². The third kappa shape index (κ3) is 5.02. The van der Waals surface area contributed by atoms with Crippen molar-refractivity contribution in [2.24, 2.45) is 0 Å². The summed E-state index contributed by atoms with van der Waals surface area (Å²) in [5.74, 6) is 13.7. The van der Waals surface area contributed by atoms with Crippen LogP contribution in [-0.4, -0.2) is 14.2 Å².